The van der Waals surface area contributed by atoms with Gasteiger partial charge in [0.05, 0.1) is 6.42 Å². The Morgan fingerprint density at radius 3 is 2.63 bits per heavy atom. The lowest BCUT2D eigenvalue weighted by atomic mass is 10.1. The summed E-state index contributed by atoms with van der Waals surface area (Å²) in [6.07, 6.45) is -0.519. The molecule has 7 nitrogen and oxygen atoms in total. The van der Waals surface area contributed by atoms with Gasteiger partial charge in [0.2, 0.25) is 5.91 Å². The Labute approximate surface area is 108 Å². The van der Waals surface area contributed by atoms with E-state index in [2.05, 4.69) is 0 Å². The number of carbonyl (C=O) groups excluding carboxylic acids is 2. The molecule has 1 unspecified atom stereocenters. The maximum Gasteiger partial charge on any atom is 0.305 e. The number of nitrogens with zero attached hydrogens (tertiary/aromatic N) is 1. The largest absolute Gasteiger partial charge is 0.481 e. The molecule has 1 aromatic rings. The Morgan fingerprint density at radius 2 is 2.11 bits per heavy atom. The summed E-state index contributed by atoms with van der Waals surface area (Å²) in [7, 11) is 0. The molecule has 0 saturated heterocycles. The van der Waals surface area contributed by atoms with Gasteiger partial charge in [-0.25, -0.2) is 0 Å². The minimum absolute atomic E-state index is 0.0989. The summed E-state index contributed by atoms with van der Waals surface area (Å²) in [5.74, 6) is -2.46. The molecule has 1 aliphatic rings. The summed E-state index contributed by atoms with van der Waals surface area (Å²) in [5, 5.41) is 8.78. The van der Waals surface area contributed by atoms with Crippen LogP contribution in [0, 0.1) is 0 Å². The van der Waals surface area contributed by atoms with Crippen LogP contribution in [0.25, 0.3) is 0 Å². The van der Waals surface area contributed by atoms with Crippen molar-refractivity contribution in [2.75, 3.05) is 5.73 Å². The summed E-state index contributed by atoms with van der Waals surface area (Å²) in [5.41, 5.74) is 12.4. The van der Waals surface area contributed by atoms with Crippen molar-refractivity contribution >= 4 is 23.5 Å². The second-order valence-corrected chi connectivity index (χ2v) is 4.32. The lowest BCUT2D eigenvalue weighted by molar-refractivity contribution is -0.140. The molecule has 1 heterocycles. The van der Waals surface area contributed by atoms with Crippen LogP contribution in [0.5, 0.6) is 0 Å². The van der Waals surface area contributed by atoms with Crippen molar-refractivity contribution in [3.63, 3.8) is 0 Å². The van der Waals surface area contributed by atoms with Crippen LogP contribution in [-0.4, -0.2) is 33.8 Å². The van der Waals surface area contributed by atoms with Gasteiger partial charge in [0.15, 0.2) is 0 Å². The van der Waals surface area contributed by atoms with Crippen LogP contribution < -0.4 is 11.5 Å². The number of fused-ring (bicyclic) bond motifs is 1. The third-order valence-corrected chi connectivity index (χ3v) is 3.10. The molecule has 2 amide bonds. The standard InChI is InChI=1S/C12H13N3O4/c13-8-3-1-2-6-7(8)5-15(12(6)19)9(11(14)18)4-10(16)17/h1-3,9H,4-5,13H2,(H2,14,18)(H,16,17). The Bertz CT molecular complexity index is 570. The van der Waals surface area contributed by atoms with Crippen LogP contribution >= 0.6 is 0 Å². The fourth-order valence-corrected chi connectivity index (χ4v) is 2.16. The number of rotatable bonds is 4. The van der Waals surface area contributed by atoms with Gasteiger partial charge in [-0.1, -0.05) is 6.07 Å². The summed E-state index contributed by atoms with van der Waals surface area (Å²) < 4.78 is 0. The first kappa shape index (κ1) is 12.9. The van der Waals surface area contributed by atoms with E-state index < -0.39 is 30.2 Å². The topological polar surface area (TPSA) is 127 Å². The summed E-state index contributed by atoms with van der Waals surface area (Å²) >= 11 is 0. The molecule has 0 aliphatic carbocycles. The highest BCUT2D eigenvalue weighted by Gasteiger charge is 2.37. The van der Waals surface area contributed by atoms with Crippen molar-refractivity contribution in [1.29, 1.82) is 0 Å². The molecule has 0 spiro atoms. The van der Waals surface area contributed by atoms with Crippen LogP contribution in [0.3, 0.4) is 0 Å². The normalized spacial score (nSPS) is 15.2. The van der Waals surface area contributed by atoms with E-state index >= 15 is 0 Å². The van der Waals surface area contributed by atoms with Gasteiger partial charge < -0.3 is 21.5 Å². The van der Waals surface area contributed by atoms with Crippen LogP contribution in [0.2, 0.25) is 0 Å². The molecule has 0 fully saturated rings. The van der Waals surface area contributed by atoms with E-state index in [-0.39, 0.29) is 6.54 Å². The molecule has 0 aromatic heterocycles. The SMILES string of the molecule is NC(=O)C(CC(=O)O)N1Cc2c(N)cccc2C1=O. The van der Waals surface area contributed by atoms with Gasteiger partial charge in [-0.3, -0.25) is 14.4 Å². The zero-order valence-corrected chi connectivity index (χ0v) is 10.00. The highest BCUT2D eigenvalue weighted by molar-refractivity contribution is 6.02. The molecule has 1 atom stereocenters. The lowest BCUT2D eigenvalue weighted by Crippen LogP contribution is -2.46. The number of aliphatic carboxylic acids is 1. The molecule has 1 aliphatic heterocycles. The summed E-state index contributed by atoms with van der Waals surface area (Å²) in [6, 6.07) is 3.70. The summed E-state index contributed by atoms with van der Waals surface area (Å²) in [6.45, 7) is 0.0989. The van der Waals surface area contributed by atoms with Crippen molar-refractivity contribution in [2.45, 2.75) is 19.0 Å². The van der Waals surface area contributed by atoms with E-state index in [1.807, 2.05) is 0 Å². The van der Waals surface area contributed by atoms with Crippen LogP contribution in [-0.2, 0) is 16.1 Å². The van der Waals surface area contributed by atoms with E-state index in [1.54, 1.807) is 18.2 Å². The molecular weight excluding hydrogens is 250 g/mol. The molecule has 0 saturated carbocycles. The van der Waals surface area contributed by atoms with Crippen molar-refractivity contribution in [3.05, 3.63) is 29.3 Å². The highest BCUT2D eigenvalue weighted by atomic mass is 16.4. The van der Waals surface area contributed by atoms with Gasteiger partial charge in [0, 0.05) is 23.4 Å². The molecule has 19 heavy (non-hydrogen) atoms. The van der Waals surface area contributed by atoms with E-state index in [4.69, 9.17) is 16.6 Å². The second kappa shape index (κ2) is 4.60. The van der Waals surface area contributed by atoms with Gasteiger partial charge in [-0.05, 0) is 12.1 Å². The molecule has 0 bridgehead atoms. The number of carbonyl (C=O) groups is 3. The minimum Gasteiger partial charge on any atom is -0.481 e. The number of benzene rings is 1. The quantitative estimate of drug-likeness (QED) is 0.634. The van der Waals surface area contributed by atoms with Gasteiger partial charge in [-0.2, -0.15) is 0 Å². The first-order chi connectivity index (χ1) is 8.91. The number of nitrogens with two attached hydrogens (primary N) is 2. The monoisotopic (exact) mass is 263 g/mol. The lowest BCUT2D eigenvalue weighted by Gasteiger charge is -2.23. The molecule has 1 aromatic carbocycles. The zero-order chi connectivity index (χ0) is 14.2. The molecule has 5 N–H and O–H groups in total. The fourth-order valence-electron chi connectivity index (χ4n) is 2.16. The van der Waals surface area contributed by atoms with Gasteiger partial charge in [0.25, 0.3) is 5.91 Å². The smallest absolute Gasteiger partial charge is 0.305 e. The van der Waals surface area contributed by atoms with E-state index in [0.29, 0.717) is 16.8 Å². The average molecular weight is 263 g/mol. The van der Waals surface area contributed by atoms with Gasteiger partial charge in [-0.15, -0.1) is 0 Å². The average Bonchev–Trinajstić information content (AvgIpc) is 2.65. The maximum atomic E-state index is 12.1. The number of carboxylic acid groups (broad SMARTS) is 1. The second-order valence-electron chi connectivity index (χ2n) is 4.32. The molecular formula is C12H13N3O4. The Morgan fingerprint density at radius 1 is 1.42 bits per heavy atom. The van der Waals surface area contributed by atoms with E-state index in [9.17, 15) is 14.4 Å². The first-order valence-electron chi connectivity index (χ1n) is 5.61. The first-order valence-corrected chi connectivity index (χ1v) is 5.61. The summed E-state index contributed by atoms with van der Waals surface area (Å²) in [4.78, 5) is 35.4. The Balaban J connectivity index is 2.34. The van der Waals surface area contributed by atoms with Crippen molar-refractivity contribution in [2.24, 2.45) is 5.73 Å². The van der Waals surface area contributed by atoms with Crippen molar-refractivity contribution in [1.82, 2.24) is 4.90 Å². The number of anilines is 1. The van der Waals surface area contributed by atoms with Crippen LogP contribution in [0.15, 0.2) is 18.2 Å². The number of amides is 2. The van der Waals surface area contributed by atoms with E-state index in [1.165, 1.54) is 0 Å². The number of hydrogen-bond acceptors (Lipinski definition) is 4. The maximum absolute atomic E-state index is 12.1. The predicted octanol–water partition coefficient (Wildman–Crippen LogP) is -0.447. The fraction of sp³-hybridized carbons (Fsp3) is 0.250. The zero-order valence-electron chi connectivity index (χ0n) is 10.00. The number of hydrogen-bond donors (Lipinski definition) is 3. The van der Waals surface area contributed by atoms with Gasteiger partial charge >= 0.3 is 5.97 Å². The van der Waals surface area contributed by atoms with Crippen molar-refractivity contribution < 1.29 is 19.5 Å². The molecule has 0 radical (unpaired) electrons. The van der Waals surface area contributed by atoms with E-state index in [0.717, 1.165) is 4.90 Å². The Hall–Kier alpha value is -2.57. The number of primary amides is 1. The molecule has 100 valence electrons. The van der Waals surface area contributed by atoms with Crippen LogP contribution in [0.1, 0.15) is 22.3 Å². The van der Waals surface area contributed by atoms with Crippen LogP contribution in [0.4, 0.5) is 5.69 Å². The highest BCUT2D eigenvalue weighted by Crippen LogP contribution is 2.29. The number of nitrogen functional groups attached to an aromatic ring is 1. The molecule has 2 rings (SSSR count). The predicted molar refractivity (Wildman–Crippen MR) is 66.0 cm³/mol. The van der Waals surface area contributed by atoms with Crippen molar-refractivity contribution in [3.8, 4) is 0 Å². The molecule has 7 heteroatoms. The number of carboxylic acids is 1. The third kappa shape index (κ3) is 2.22. The third-order valence-electron chi connectivity index (χ3n) is 3.10. The Kier molecular flexibility index (Phi) is 3.12. The minimum atomic E-state index is -1.19. The van der Waals surface area contributed by atoms with Gasteiger partial charge in [0.1, 0.15) is 6.04 Å².